The van der Waals surface area contributed by atoms with Crippen LogP contribution in [0.15, 0.2) is 24.3 Å². The van der Waals surface area contributed by atoms with Gasteiger partial charge in [0.15, 0.2) is 0 Å². The summed E-state index contributed by atoms with van der Waals surface area (Å²) in [6, 6.07) is 7.06. The number of hydrogen-bond acceptors (Lipinski definition) is 2. The van der Waals surface area contributed by atoms with Crippen molar-refractivity contribution in [2.24, 2.45) is 5.92 Å². The highest BCUT2D eigenvalue weighted by molar-refractivity contribution is 5.71. The number of carbonyl (C=O) groups is 1. The third-order valence-electron chi connectivity index (χ3n) is 2.83. The van der Waals surface area contributed by atoms with Gasteiger partial charge in [-0.1, -0.05) is 12.1 Å². The Hall–Kier alpha value is -1.51. The predicted molar refractivity (Wildman–Crippen MR) is 51.2 cm³/mol. The van der Waals surface area contributed by atoms with Crippen molar-refractivity contribution in [3.05, 3.63) is 29.8 Å². The van der Waals surface area contributed by atoms with E-state index < -0.39 is 5.97 Å². The predicted octanol–water partition coefficient (Wildman–Crippen LogP) is 1.97. The fraction of sp³-hybridized carbons (Fsp3) is 0.364. The molecule has 14 heavy (non-hydrogen) atoms. The lowest BCUT2D eigenvalue weighted by Gasteiger charge is -2.32. The Labute approximate surface area is 82.0 Å². The number of carboxylic acid groups (broad SMARTS) is 1. The highest BCUT2D eigenvalue weighted by Gasteiger charge is 2.35. The molecule has 74 valence electrons. The Morgan fingerprint density at radius 2 is 2.07 bits per heavy atom. The summed E-state index contributed by atoms with van der Waals surface area (Å²) in [5.41, 5.74) is 1.04. The first-order valence-corrected chi connectivity index (χ1v) is 4.68. The van der Waals surface area contributed by atoms with Crippen LogP contribution in [0, 0.1) is 5.92 Å². The van der Waals surface area contributed by atoms with Crippen LogP contribution in [0.2, 0.25) is 0 Å². The molecule has 1 aliphatic rings. The monoisotopic (exact) mass is 192 g/mol. The van der Waals surface area contributed by atoms with Gasteiger partial charge in [-0.05, 0) is 36.5 Å². The molecule has 3 nitrogen and oxygen atoms in total. The Balaban J connectivity index is 2.03. The van der Waals surface area contributed by atoms with E-state index in [0.29, 0.717) is 18.8 Å². The number of rotatable bonds is 2. The van der Waals surface area contributed by atoms with Crippen molar-refractivity contribution in [3.63, 3.8) is 0 Å². The van der Waals surface area contributed by atoms with Crippen LogP contribution in [-0.4, -0.2) is 16.2 Å². The van der Waals surface area contributed by atoms with Crippen LogP contribution in [0.5, 0.6) is 5.75 Å². The molecule has 1 aliphatic carbocycles. The first-order valence-electron chi connectivity index (χ1n) is 4.68. The molecule has 0 unspecified atom stereocenters. The summed E-state index contributed by atoms with van der Waals surface area (Å²) >= 11 is 0. The SMILES string of the molecule is O=C(O)C1CC(c2cccc(O)c2)C1. The molecule has 1 fully saturated rings. The van der Waals surface area contributed by atoms with Crippen LogP contribution in [0.1, 0.15) is 24.3 Å². The smallest absolute Gasteiger partial charge is 0.306 e. The molecule has 0 aliphatic heterocycles. The van der Waals surface area contributed by atoms with E-state index in [9.17, 15) is 9.90 Å². The van der Waals surface area contributed by atoms with Gasteiger partial charge in [-0.25, -0.2) is 0 Å². The van der Waals surface area contributed by atoms with Crippen molar-refractivity contribution in [1.29, 1.82) is 0 Å². The van der Waals surface area contributed by atoms with E-state index >= 15 is 0 Å². The zero-order chi connectivity index (χ0) is 10.1. The third kappa shape index (κ3) is 1.58. The maximum absolute atomic E-state index is 10.6. The molecular weight excluding hydrogens is 180 g/mol. The molecule has 0 spiro atoms. The highest BCUT2D eigenvalue weighted by Crippen LogP contribution is 2.42. The summed E-state index contributed by atoms with van der Waals surface area (Å²) in [7, 11) is 0. The summed E-state index contributed by atoms with van der Waals surface area (Å²) in [5, 5.41) is 17.9. The number of benzene rings is 1. The van der Waals surface area contributed by atoms with Gasteiger partial charge in [-0.3, -0.25) is 4.79 Å². The van der Waals surface area contributed by atoms with Crippen molar-refractivity contribution in [2.45, 2.75) is 18.8 Å². The van der Waals surface area contributed by atoms with Gasteiger partial charge in [-0.15, -0.1) is 0 Å². The van der Waals surface area contributed by atoms with Crippen LogP contribution >= 0.6 is 0 Å². The van der Waals surface area contributed by atoms with E-state index in [4.69, 9.17) is 5.11 Å². The lowest BCUT2D eigenvalue weighted by Crippen LogP contribution is -2.28. The van der Waals surface area contributed by atoms with Gasteiger partial charge in [0.05, 0.1) is 5.92 Å². The third-order valence-corrected chi connectivity index (χ3v) is 2.83. The normalized spacial score (nSPS) is 25.4. The van der Waals surface area contributed by atoms with E-state index in [1.807, 2.05) is 6.07 Å². The Bertz CT molecular complexity index is 353. The van der Waals surface area contributed by atoms with Crippen LogP contribution in [0.4, 0.5) is 0 Å². The van der Waals surface area contributed by atoms with Crippen molar-refractivity contribution in [1.82, 2.24) is 0 Å². The molecule has 2 N–H and O–H groups in total. The maximum Gasteiger partial charge on any atom is 0.306 e. The largest absolute Gasteiger partial charge is 0.508 e. The molecular formula is C11H12O3. The Kier molecular flexibility index (Phi) is 2.15. The number of aliphatic carboxylic acids is 1. The summed E-state index contributed by atoms with van der Waals surface area (Å²) in [6.45, 7) is 0. The topological polar surface area (TPSA) is 57.5 Å². The summed E-state index contributed by atoms with van der Waals surface area (Å²) in [5.74, 6) is -0.340. The van der Waals surface area contributed by atoms with Crippen LogP contribution in [0.25, 0.3) is 0 Å². The van der Waals surface area contributed by atoms with Gasteiger partial charge in [-0.2, -0.15) is 0 Å². The lowest BCUT2D eigenvalue weighted by atomic mass is 9.71. The van der Waals surface area contributed by atoms with Gasteiger partial charge in [0.1, 0.15) is 5.75 Å². The standard InChI is InChI=1S/C11H12O3/c12-10-3-1-2-7(6-10)8-4-9(5-8)11(13)14/h1-3,6,8-9,12H,4-5H2,(H,13,14). The van der Waals surface area contributed by atoms with Gasteiger partial charge < -0.3 is 10.2 Å². The first kappa shape index (κ1) is 9.06. The minimum absolute atomic E-state index is 0.192. The van der Waals surface area contributed by atoms with Crippen LogP contribution in [0.3, 0.4) is 0 Å². The second-order valence-electron chi connectivity index (χ2n) is 3.80. The number of phenols is 1. The molecule has 2 rings (SSSR count). The summed E-state index contributed by atoms with van der Waals surface area (Å²) in [6.07, 6.45) is 1.39. The van der Waals surface area contributed by atoms with Gasteiger partial charge in [0, 0.05) is 0 Å². The Morgan fingerprint density at radius 1 is 1.36 bits per heavy atom. The van der Waals surface area contributed by atoms with Gasteiger partial charge >= 0.3 is 5.97 Å². The number of aromatic hydroxyl groups is 1. The van der Waals surface area contributed by atoms with E-state index in [1.165, 1.54) is 0 Å². The quantitative estimate of drug-likeness (QED) is 0.753. The molecule has 3 heteroatoms. The average Bonchev–Trinajstić information content (AvgIpc) is 2.00. The second-order valence-corrected chi connectivity index (χ2v) is 3.80. The van der Waals surface area contributed by atoms with Gasteiger partial charge in [0.2, 0.25) is 0 Å². The fourth-order valence-electron chi connectivity index (χ4n) is 1.87. The zero-order valence-electron chi connectivity index (χ0n) is 7.68. The van der Waals surface area contributed by atoms with Crippen molar-refractivity contribution >= 4 is 5.97 Å². The zero-order valence-corrected chi connectivity index (χ0v) is 7.68. The van der Waals surface area contributed by atoms with E-state index in [2.05, 4.69) is 0 Å². The molecule has 0 aromatic heterocycles. The molecule has 0 heterocycles. The summed E-state index contributed by atoms with van der Waals surface area (Å²) in [4.78, 5) is 10.6. The fourth-order valence-corrected chi connectivity index (χ4v) is 1.87. The van der Waals surface area contributed by atoms with E-state index in [-0.39, 0.29) is 11.7 Å². The van der Waals surface area contributed by atoms with E-state index in [1.54, 1.807) is 18.2 Å². The average molecular weight is 192 g/mol. The van der Waals surface area contributed by atoms with Crippen LogP contribution < -0.4 is 0 Å². The number of hydrogen-bond donors (Lipinski definition) is 2. The molecule has 1 aromatic rings. The molecule has 0 atom stereocenters. The highest BCUT2D eigenvalue weighted by atomic mass is 16.4. The molecule has 1 saturated carbocycles. The van der Waals surface area contributed by atoms with Crippen molar-refractivity contribution < 1.29 is 15.0 Å². The minimum Gasteiger partial charge on any atom is -0.508 e. The minimum atomic E-state index is -0.707. The molecule has 1 aromatic carbocycles. The molecule has 0 amide bonds. The molecule has 0 radical (unpaired) electrons. The molecule has 0 bridgehead atoms. The van der Waals surface area contributed by atoms with Crippen molar-refractivity contribution in [3.8, 4) is 5.75 Å². The van der Waals surface area contributed by atoms with Crippen LogP contribution in [-0.2, 0) is 4.79 Å². The lowest BCUT2D eigenvalue weighted by molar-refractivity contribution is -0.145. The number of phenolic OH excluding ortho intramolecular Hbond substituents is 1. The second kappa shape index (κ2) is 3.33. The van der Waals surface area contributed by atoms with Gasteiger partial charge in [0.25, 0.3) is 0 Å². The number of carboxylic acids is 1. The molecule has 0 saturated heterocycles. The first-order chi connectivity index (χ1) is 6.66. The Morgan fingerprint density at radius 3 is 2.64 bits per heavy atom. The van der Waals surface area contributed by atoms with E-state index in [0.717, 1.165) is 5.56 Å². The maximum atomic E-state index is 10.6. The van der Waals surface area contributed by atoms with Crippen molar-refractivity contribution in [2.75, 3.05) is 0 Å². The summed E-state index contributed by atoms with van der Waals surface area (Å²) < 4.78 is 0.